The van der Waals surface area contributed by atoms with Crippen LogP contribution in [-0.2, 0) is 13.1 Å². The molecule has 0 aliphatic carbocycles. The van der Waals surface area contributed by atoms with E-state index >= 15 is 0 Å². The summed E-state index contributed by atoms with van der Waals surface area (Å²) < 4.78 is 0. The first-order valence-corrected chi connectivity index (χ1v) is 8.46. The highest BCUT2D eigenvalue weighted by Crippen LogP contribution is 2.15. The fourth-order valence-electron chi connectivity index (χ4n) is 2.24. The van der Waals surface area contributed by atoms with Crippen LogP contribution in [0.15, 0.2) is 53.4 Å². The quantitative estimate of drug-likeness (QED) is 0.830. The number of nitrogens with one attached hydrogen (secondary N) is 1. The Bertz CT molecular complexity index is 623. The SMILES string of the molecule is CSc1ccc(C(=O)NCc2ccccc2CN(C)C)cc1. The van der Waals surface area contributed by atoms with E-state index in [0.29, 0.717) is 12.1 Å². The second-order valence-electron chi connectivity index (χ2n) is 5.42. The van der Waals surface area contributed by atoms with Crippen LogP contribution in [0.1, 0.15) is 21.5 Å². The molecule has 0 atom stereocenters. The molecule has 0 fully saturated rings. The predicted octanol–water partition coefficient (Wildman–Crippen LogP) is 3.40. The molecular weight excluding hydrogens is 292 g/mol. The Morgan fingerprint density at radius 1 is 1.05 bits per heavy atom. The van der Waals surface area contributed by atoms with Crippen molar-refractivity contribution in [2.75, 3.05) is 20.4 Å². The third-order valence-electron chi connectivity index (χ3n) is 3.40. The molecule has 1 N–H and O–H groups in total. The molecule has 2 aromatic rings. The van der Waals surface area contributed by atoms with E-state index in [0.717, 1.165) is 17.0 Å². The fourth-order valence-corrected chi connectivity index (χ4v) is 2.65. The van der Waals surface area contributed by atoms with Gasteiger partial charge < -0.3 is 10.2 Å². The smallest absolute Gasteiger partial charge is 0.251 e. The molecule has 0 unspecified atom stereocenters. The summed E-state index contributed by atoms with van der Waals surface area (Å²) in [6.45, 7) is 1.42. The maximum atomic E-state index is 12.2. The molecule has 2 rings (SSSR count). The van der Waals surface area contributed by atoms with Gasteiger partial charge in [0.2, 0.25) is 0 Å². The summed E-state index contributed by atoms with van der Waals surface area (Å²) in [5.41, 5.74) is 3.10. The van der Waals surface area contributed by atoms with Crippen molar-refractivity contribution in [2.24, 2.45) is 0 Å². The molecule has 0 heterocycles. The van der Waals surface area contributed by atoms with Gasteiger partial charge in [0.25, 0.3) is 5.91 Å². The van der Waals surface area contributed by atoms with Gasteiger partial charge in [-0.1, -0.05) is 24.3 Å². The number of carbonyl (C=O) groups excluding carboxylic acids is 1. The average molecular weight is 314 g/mol. The Labute approximate surface area is 136 Å². The first-order valence-electron chi connectivity index (χ1n) is 7.24. The van der Waals surface area contributed by atoms with Crippen LogP contribution in [0.2, 0.25) is 0 Å². The minimum absolute atomic E-state index is 0.0349. The molecule has 4 heteroatoms. The lowest BCUT2D eigenvalue weighted by Crippen LogP contribution is -2.24. The highest BCUT2D eigenvalue weighted by atomic mass is 32.2. The van der Waals surface area contributed by atoms with E-state index in [1.54, 1.807) is 11.8 Å². The lowest BCUT2D eigenvalue weighted by atomic mass is 10.1. The molecule has 0 saturated heterocycles. The molecule has 0 spiro atoms. The fraction of sp³-hybridized carbons (Fsp3) is 0.278. The number of rotatable bonds is 6. The lowest BCUT2D eigenvalue weighted by Gasteiger charge is -2.14. The summed E-state index contributed by atoms with van der Waals surface area (Å²) in [6, 6.07) is 15.9. The topological polar surface area (TPSA) is 32.3 Å². The molecule has 0 aliphatic rings. The van der Waals surface area contributed by atoms with Crippen LogP contribution in [-0.4, -0.2) is 31.2 Å². The molecular formula is C18H22N2OS. The van der Waals surface area contributed by atoms with Crippen molar-refractivity contribution in [3.63, 3.8) is 0 Å². The predicted molar refractivity (Wildman–Crippen MR) is 93.2 cm³/mol. The third-order valence-corrected chi connectivity index (χ3v) is 4.14. The van der Waals surface area contributed by atoms with E-state index < -0.39 is 0 Å². The van der Waals surface area contributed by atoms with Gasteiger partial charge in [0.1, 0.15) is 0 Å². The van der Waals surface area contributed by atoms with Gasteiger partial charge in [-0.25, -0.2) is 0 Å². The third kappa shape index (κ3) is 4.61. The highest BCUT2D eigenvalue weighted by Gasteiger charge is 2.07. The number of hydrogen-bond donors (Lipinski definition) is 1. The number of nitrogens with zero attached hydrogens (tertiary/aromatic N) is 1. The van der Waals surface area contributed by atoms with Crippen molar-refractivity contribution in [3.8, 4) is 0 Å². The standard InChI is InChI=1S/C18H22N2OS/c1-20(2)13-16-7-5-4-6-15(16)12-19-18(21)14-8-10-17(22-3)11-9-14/h4-11H,12-13H2,1-3H3,(H,19,21). The number of hydrogen-bond acceptors (Lipinski definition) is 3. The van der Waals surface area contributed by atoms with Gasteiger partial charge in [-0.15, -0.1) is 11.8 Å². The Morgan fingerprint density at radius 2 is 1.68 bits per heavy atom. The normalized spacial score (nSPS) is 10.7. The molecule has 116 valence electrons. The summed E-state index contributed by atoms with van der Waals surface area (Å²) in [5, 5.41) is 3.00. The average Bonchev–Trinajstić information content (AvgIpc) is 2.53. The van der Waals surface area contributed by atoms with Crippen LogP contribution in [0.25, 0.3) is 0 Å². The van der Waals surface area contributed by atoms with Gasteiger partial charge in [-0.05, 0) is 55.7 Å². The summed E-state index contributed by atoms with van der Waals surface area (Å²) in [5.74, 6) is -0.0349. The summed E-state index contributed by atoms with van der Waals surface area (Å²) >= 11 is 1.67. The van der Waals surface area contributed by atoms with Crippen LogP contribution in [0.3, 0.4) is 0 Å². The summed E-state index contributed by atoms with van der Waals surface area (Å²) in [6.07, 6.45) is 2.02. The molecule has 0 aromatic heterocycles. The van der Waals surface area contributed by atoms with Crippen molar-refractivity contribution < 1.29 is 4.79 Å². The van der Waals surface area contributed by atoms with Crippen molar-refractivity contribution >= 4 is 17.7 Å². The number of amides is 1. The molecule has 0 saturated carbocycles. The molecule has 22 heavy (non-hydrogen) atoms. The monoisotopic (exact) mass is 314 g/mol. The molecule has 0 aliphatic heterocycles. The van der Waals surface area contributed by atoms with E-state index in [1.807, 2.05) is 56.7 Å². The minimum Gasteiger partial charge on any atom is -0.348 e. The molecule has 2 aromatic carbocycles. The van der Waals surface area contributed by atoms with Gasteiger partial charge in [0, 0.05) is 23.5 Å². The number of benzene rings is 2. The molecule has 0 bridgehead atoms. The summed E-state index contributed by atoms with van der Waals surface area (Å²) in [7, 11) is 4.09. The summed E-state index contributed by atoms with van der Waals surface area (Å²) in [4.78, 5) is 15.5. The Hall–Kier alpha value is -1.78. The Balaban J connectivity index is 2.01. The van der Waals surface area contributed by atoms with Gasteiger partial charge in [-0.2, -0.15) is 0 Å². The molecule has 0 radical (unpaired) electrons. The van der Waals surface area contributed by atoms with Crippen LogP contribution in [0.4, 0.5) is 0 Å². The van der Waals surface area contributed by atoms with Crippen LogP contribution < -0.4 is 5.32 Å². The zero-order chi connectivity index (χ0) is 15.9. The maximum absolute atomic E-state index is 12.2. The van der Waals surface area contributed by atoms with Crippen LogP contribution >= 0.6 is 11.8 Å². The van der Waals surface area contributed by atoms with Crippen molar-refractivity contribution in [1.82, 2.24) is 10.2 Å². The van der Waals surface area contributed by atoms with E-state index in [2.05, 4.69) is 22.3 Å². The zero-order valence-electron chi connectivity index (χ0n) is 13.3. The minimum atomic E-state index is -0.0349. The largest absolute Gasteiger partial charge is 0.348 e. The van der Waals surface area contributed by atoms with E-state index in [9.17, 15) is 4.79 Å². The number of thioether (sulfide) groups is 1. The molecule has 1 amide bonds. The lowest BCUT2D eigenvalue weighted by molar-refractivity contribution is 0.0950. The Kier molecular flexibility index (Phi) is 6.04. The first-order chi connectivity index (χ1) is 10.6. The molecule has 3 nitrogen and oxygen atoms in total. The van der Waals surface area contributed by atoms with Crippen molar-refractivity contribution in [1.29, 1.82) is 0 Å². The van der Waals surface area contributed by atoms with Gasteiger partial charge >= 0.3 is 0 Å². The second kappa shape index (κ2) is 8.01. The number of carbonyl (C=O) groups is 1. The highest BCUT2D eigenvalue weighted by molar-refractivity contribution is 7.98. The van der Waals surface area contributed by atoms with E-state index in [-0.39, 0.29) is 5.91 Å². The van der Waals surface area contributed by atoms with Crippen LogP contribution in [0, 0.1) is 0 Å². The van der Waals surface area contributed by atoms with E-state index in [4.69, 9.17) is 0 Å². The zero-order valence-corrected chi connectivity index (χ0v) is 14.1. The Morgan fingerprint density at radius 3 is 2.27 bits per heavy atom. The maximum Gasteiger partial charge on any atom is 0.251 e. The van der Waals surface area contributed by atoms with Crippen LogP contribution in [0.5, 0.6) is 0 Å². The van der Waals surface area contributed by atoms with Gasteiger partial charge in [-0.3, -0.25) is 4.79 Å². The second-order valence-corrected chi connectivity index (χ2v) is 6.30. The van der Waals surface area contributed by atoms with Crippen molar-refractivity contribution in [2.45, 2.75) is 18.0 Å². The van der Waals surface area contributed by atoms with Crippen molar-refractivity contribution in [3.05, 3.63) is 65.2 Å². The van der Waals surface area contributed by atoms with Gasteiger partial charge in [0.05, 0.1) is 0 Å². The first kappa shape index (κ1) is 16.6. The van der Waals surface area contributed by atoms with Gasteiger partial charge in [0.15, 0.2) is 0 Å². The van der Waals surface area contributed by atoms with E-state index in [1.165, 1.54) is 5.56 Å².